The largest absolute Gasteiger partial charge is 0.367 e. The molecule has 2 amide bonds. The first-order chi connectivity index (χ1) is 18.9. The number of nitrogens with two attached hydrogens (primary N) is 1. The number of aryl methyl sites for hydroxylation is 1. The molecular formula is C33H30N4O2. The molecule has 6 nitrogen and oxygen atoms in total. The molecule has 4 aromatic rings. The minimum absolute atomic E-state index is 0.114. The molecule has 1 atom stereocenters. The van der Waals surface area contributed by atoms with E-state index in [2.05, 4.69) is 34.5 Å². The Labute approximate surface area is 228 Å². The molecule has 0 spiro atoms. The van der Waals surface area contributed by atoms with Gasteiger partial charge in [0.1, 0.15) is 0 Å². The number of nitriles is 1. The van der Waals surface area contributed by atoms with E-state index in [1.54, 1.807) is 24.3 Å². The van der Waals surface area contributed by atoms with Crippen molar-refractivity contribution in [3.63, 3.8) is 0 Å². The second-order valence-electron chi connectivity index (χ2n) is 9.90. The van der Waals surface area contributed by atoms with Gasteiger partial charge in [-0.2, -0.15) is 5.26 Å². The van der Waals surface area contributed by atoms with Crippen molar-refractivity contribution in [3.8, 4) is 17.2 Å². The number of fused-ring (bicyclic) bond motifs is 1. The van der Waals surface area contributed by atoms with Gasteiger partial charge in [-0.25, -0.2) is 0 Å². The van der Waals surface area contributed by atoms with E-state index in [4.69, 9.17) is 11.0 Å². The van der Waals surface area contributed by atoms with Gasteiger partial charge in [-0.15, -0.1) is 0 Å². The molecule has 1 heterocycles. The van der Waals surface area contributed by atoms with Gasteiger partial charge in [0.15, 0.2) is 0 Å². The standard InChI is InChI=1S/C33H30N4O2/c1-22(24-10-8-23(20-34)9-11-24)36-33(39)28-16-17-31-27(19-28)6-4-18-37(31)21-29-5-2-3-7-30(29)25-12-14-26(15-13-25)32(35)38/h2-3,5,7-17,19,22H,4,6,18,21H2,1H3,(H2,35,38)(H,36,39)/t22-/m0/s1. The number of primary amides is 1. The zero-order chi connectivity index (χ0) is 27.4. The Kier molecular flexibility index (Phi) is 7.42. The number of hydrogen-bond donors (Lipinski definition) is 2. The van der Waals surface area contributed by atoms with Crippen molar-refractivity contribution in [2.45, 2.75) is 32.4 Å². The highest BCUT2D eigenvalue weighted by molar-refractivity contribution is 5.95. The van der Waals surface area contributed by atoms with Gasteiger partial charge in [0.25, 0.3) is 5.91 Å². The molecule has 194 valence electrons. The normalized spacial score (nSPS) is 13.2. The molecule has 0 saturated carbocycles. The molecule has 5 rings (SSSR count). The molecule has 0 aromatic heterocycles. The Morgan fingerprint density at radius 1 is 0.974 bits per heavy atom. The Morgan fingerprint density at radius 2 is 1.69 bits per heavy atom. The number of carbonyl (C=O) groups is 2. The SMILES string of the molecule is C[C@H](NC(=O)c1ccc2c(c1)CCCN2Cc1ccccc1-c1ccc(C(N)=O)cc1)c1ccc(C#N)cc1. The highest BCUT2D eigenvalue weighted by Gasteiger charge is 2.21. The van der Waals surface area contributed by atoms with Crippen molar-refractivity contribution in [2.24, 2.45) is 5.73 Å². The quantitative estimate of drug-likeness (QED) is 0.327. The van der Waals surface area contributed by atoms with Crippen LogP contribution in [0.1, 0.15) is 62.4 Å². The zero-order valence-corrected chi connectivity index (χ0v) is 21.9. The predicted molar refractivity (Wildman–Crippen MR) is 153 cm³/mol. The van der Waals surface area contributed by atoms with Crippen LogP contribution in [0.15, 0.2) is 91.0 Å². The van der Waals surface area contributed by atoms with E-state index < -0.39 is 5.91 Å². The summed E-state index contributed by atoms with van der Waals surface area (Å²) in [5.74, 6) is -0.548. The first kappa shape index (κ1) is 25.7. The molecule has 0 aliphatic carbocycles. The molecule has 0 unspecified atom stereocenters. The number of nitrogens with one attached hydrogen (secondary N) is 1. The van der Waals surface area contributed by atoms with Gasteiger partial charge in [-0.05, 0) is 90.0 Å². The third kappa shape index (κ3) is 5.68. The molecule has 1 aliphatic heterocycles. The van der Waals surface area contributed by atoms with Crippen LogP contribution < -0.4 is 16.0 Å². The molecule has 0 radical (unpaired) electrons. The minimum atomic E-state index is -0.434. The number of hydrogen-bond acceptors (Lipinski definition) is 4. The van der Waals surface area contributed by atoms with Gasteiger partial charge in [-0.3, -0.25) is 9.59 Å². The lowest BCUT2D eigenvalue weighted by atomic mass is 9.95. The number of amides is 2. The van der Waals surface area contributed by atoms with E-state index in [1.807, 2.05) is 55.5 Å². The van der Waals surface area contributed by atoms with Crippen molar-refractivity contribution in [3.05, 3.63) is 124 Å². The Balaban J connectivity index is 1.33. The van der Waals surface area contributed by atoms with Gasteiger partial charge in [0, 0.05) is 29.9 Å². The Bertz CT molecular complexity index is 1550. The van der Waals surface area contributed by atoms with Crippen LogP contribution in [-0.4, -0.2) is 18.4 Å². The fraction of sp³-hybridized carbons (Fsp3) is 0.182. The highest BCUT2D eigenvalue weighted by atomic mass is 16.2. The molecular weight excluding hydrogens is 484 g/mol. The summed E-state index contributed by atoms with van der Waals surface area (Å²) >= 11 is 0. The van der Waals surface area contributed by atoms with Gasteiger partial charge in [0.05, 0.1) is 17.7 Å². The van der Waals surface area contributed by atoms with E-state index in [-0.39, 0.29) is 11.9 Å². The summed E-state index contributed by atoms with van der Waals surface area (Å²) in [6.45, 7) is 3.61. The van der Waals surface area contributed by atoms with Gasteiger partial charge < -0.3 is 16.0 Å². The molecule has 4 aromatic carbocycles. The van der Waals surface area contributed by atoms with Gasteiger partial charge in [-0.1, -0.05) is 48.5 Å². The fourth-order valence-electron chi connectivity index (χ4n) is 5.15. The van der Waals surface area contributed by atoms with Gasteiger partial charge >= 0.3 is 0 Å². The predicted octanol–water partition coefficient (Wildman–Crippen LogP) is 5.77. The maximum absolute atomic E-state index is 13.1. The van der Waals surface area contributed by atoms with Crippen LogP contribution >= 0.6 is 0 Å². The Morgan fingerprint density at radius 3 is 2.41 bits per heavy atom. The van der Waals surface area contributed by atoms with Crippen molar-refractivity contribution < 1.29 is 9.59 Å². The lowest BCUT2D eigenvalue weighted by Gasteiger charge is -2.32. The lowest BCUT2D eigenvalue weighted by molar-refractivity contribution is 0.0938. The van der Waals surface area contributed by atoms with Crippen LogP contribution in [-0.2, 0) is 13.0 Å². The second-order valence-corrected chi connectivity index (χ2v) is 9.90. The summed E-state index contributed by atoms with van der Waals surface area (Å²) in [6.07, 6.45) is 1.93. The van der Waals surface area contributed by atoms with Crippen LogP contribution in [0.4, 0.5) is 5.69 Å². The van der Waals surface area contributed by atoms with E-state index in [0.29, 0.717) is 16.7 Å². The summed E-state index contributed by atoms with van der Waals surface area (Å²) < 4.78 is 0. The van der Waals surface area contributed by atoms with Crippen molar-refractivity contribution >= 4 is 17.5 Å². The second kappa shape index (κ2) is 11.2. The van der Waals surface area contributed by atoms with Crippen LogP contribution in [0.3, 0.4) is 0 Å². The van der Waals surface area contributed by atoms with E-state index in [1.165, 1.54) is 11.1 Å². The summed E-state index contributed by atoms with van der Waals surface area (Å²) in [6, 6.07) is 30.9. The van der Waals surface area contributed by atoms with Crippen LogP contribution in [0.25, 0.3) is 11.1 Å². The topological polar surface area (TPSA) is 99.2 Å². The third-order valence-electron chi connectivity index (χ3n) is 7.30. The molecule has 0 saturated heterocycles. The average molecular weight is 515 g/mol. The lowest BCUT2D eigenvalue weighted by Crippen LogP contribution is -2.30. The van der Waals surface area contributed by atoms with Crippen molar-refractivity contribution in [1.82, 2.24) is 5.32 Å². The fourth-order valence-corrected chi connectivity index (χ4v) is 5.15. The highest BCUT2D eigenvalue weighted by Crippen LogP contribution is 2.32. The maximum atomic E-state index is 13.1. The number of anilines is 1. The van der Waals surface area contributed by atoms with Gasteiger partial charge in [0.2, 0.25) is 5.91 Å². The number of nitrogens with zero attached hydrogens (tertiary/aromatic N) is 2. The van der Waals surface area contributed by atoms with E-state index in [0.717, 1.165) is 48.3 Å². The molecule has 0 fully saturated rings. The number of rotatable bonds is 7. The number of carbonyl (C=O) groups excluding carboxylic acids is 2. The minimum Gasteiger partial charge on any atom is -0.367 e. The molecule has 3 N–H and O–H groups in total. The van der Waals surface area contributed by atoms with Crippen LogP contribution in [0.2, 0.25) is 0 Å². The van der Waals surface area contributed by atoms with Crippen molar-refractivity contribution in [2.75, 3.05) is 11.4 Å². The summed E-state index contributed by atoms with van der Waals surface area (Å²) in [5, 5.41) is 12.1. The first-order valence-corrected chi connectivity index (χ1v) is 13.1. The molecule has 39 heavy (non-hydrogen) atoms. The summed E-state index contributed by atoms with van der Waals surface area (Å²) in [5.41, 5.74) is 13.8. The van der Waals surface area contributed by atoms with Crippen LogP contribution in [0, 0.1) is 11.3 Å². The summed E-state index contributed by atoms with van der Waals surface area (Å²) in [4.78, 5) is 26.9. The van der Waals surface area contributed by atoms with Crippen molar-refractivity contribution in [1.29, 1.82) is 5.26 Å². The third-order valence-corrected chi connectivity index (χ3v) is 7.30. The molecule has 6 heteroatoms. The van der Waals surface area contributed by atoms with Crippen LogP contribution in [0.5, 0.6) is 0 Å². The molecule has 0 bridgehead atoms. The zero-order valence-electron chi connectivity index (χ0n) is 21.9. The smallest absolute Gasteiger partial charge is 0.251 e. The summed E-state index contributed by atoms with van der Waals surface area (Å²) in [7, 11) is 0. The average Bonchev–Trinajstić information content (AvgIpc) is 2.97. The first-order valence-electron chi connectivity index (χ1n) is 13.1. The Hall–Kier alpha value is -4.89. The molecule has 1 aliphatic rings. The number of benzene rings is 4. The maximum Gasteiger partial charge on any atom is 0.251 e. The van der Waals surface area contributed by atoms with E-state index >= 15 is 0 Å². The van der Waals surface area contributed by atoms with E-state index in [9.17, 15) is 9.59 Å². The monoisotopic (exact) mass is 514 g/mol.